The Balaban J connectivity index is 1.38. The molecule has 0 spiro atoms. The number of amides is 1. The maximum Gasteiger partial charge on any atom is 0.255 e. The number of hydrogen-bond acceptors (Lipinski definition) is 6. The standard InChI is InChI=1S/C24H28N4O2S/c1-3-27-9-11-28(12-10-27)21-7-8-23(18(2)13-21)26-24(29)19-5-4-6-22(14-19)30-15-20-16-31-17-25-20/h4-8,13-14,16-17H,3,9-12,15H2,1-2H3,(H,26,29). The SMILES string of the molecule is CCN1CCN(c2ccc(NC(=O)c3cccc(OCc4cscn4)c3)c(C)c2)CC1. The molecule has 1 aromatic heterocycles. The van der Waals surface area contributed by atoms with E-state index in [9.17, 15) is 4.79 Å². The van der Waals surface area contributed by atoms with Crippen LogP contribution in [0.3, 0.4) is 0 Å². The van der Waals surface area contributed by atoms with Crippen molar-refractivity contribution in [3.8, 4) is 5.75 Å². The number of nitrogens with one attached hydrogen (secondary N) is 1. The summed E-state index contributed by atoms with van der Waals surface area (Å²) in [7, 11) is 0. The van der Waals surface area contributed by atoms with E-state index in [4.69, 9.17) is 4.74 Å². The number of benzene rings is 2. The van der Waals surface area contributed by atoms with Gasteiger partial charge in [-0.1, -0.05) is 13.0 Å². The molecule has 3 aromatic rings. The fourth-order valence-corrected chi connectivity index (χ4v) is 4.24. The number of carbonyl (C=O) groups is 1. The molecule has 0 bridgehead atoms. The van der Waals surface area contributed by atoms with Gasteiger partial charge in [-0.2, -0.15) is 0 Å². The highest BCUT2D eigenvalue weighted by Crippen LogP contribution is 2.25. The van der Waals surface area contributed by atoms with Crippen LogP contribution in [0.2, 0.25) is 0 Å². The van der Waals surface area contributed by atoms with Crippen LogP contribution in [-0.2, 0) is 6.61 Å². The summed E-state index contributed by atoms with van der Waals surface area (Å²) in [4.78, 5) is 21.9. The van der Waals surface area contributed by atoms with Crippen LogP contribution in [-0.4, -0.2) is 48.5 Å². The zero-order chi connectivity index (χ0) is 21.6. The van der Waals surface area contributed by atoms with Crippen LogP contribution in [0.25, 0.3) is 0 Å². The molecule has 1 aliphatic rings. The van der Waals surface area contributed by atoms with Crippen molar-refractivity contribution in [3.63, 3.8) is 0 Å². The predicted octanol–water partition coefficient (Wildman–Crippen LogP) is 4.42. The second kappa shape index (κ2) is 9.94. The van der Waals surface area contributed by atoms with E-state index in [1.54, 1.807) is 17.6 Å². The summed E-state index contributed by atoms with van der Waals surface area (Å²) in [5.41, 5.74) is 6.32. The van der Waals surface area contributed by atoms with Gasteiger partial charge in [-0.25, -0.2) is 4.98 Å². The number of nitrogens with zero attached hydrogens (tertiary/aromatic N) is 3. The van der Waals surface area contributed by atoms with Crippen molar-refractivity contribution in [3.05, 3.63) is 70.2 Å². The van der Waals surface area contributed by atoms with Gasteiger partial charge in [0.15, 0.2) is 0 Å². The second-order valence-electron chi connectivity index (χ2n) is 7.67. The number of likely N-dealkylation sites (N-methyl/N-ethyl adjacent to an activating group) is 1. The molecule has 1 aliphatic heterocycles. The van der Waals surface area contributed by atoms with E-state index in [1.165, 1.54) is 17.0 Å². The molecule has 1 saturated heterocycles. The molecule has 6 nitrogen and oxygen atoms in total. The van der Waals surface area contributed by atoms with Crippen LogP contribution in [0, 0.1) is 6.92 Å². The Morgan fingerprint density at radius 3 is 2.71 bits per heavy atom. The lowest BCUT2D eigenvalue weighted by atomic mass is 10.1. The fourth-order valence-electron chi connectivity index (χ4n) is 3.69. The number of hydrogen-bond donors (Lipinski definition) is 1. The van der Waals surface area contributed by atoms with Crippen LogP contribution in [0.4, 0.5) is 11.4 Å². The average Bonchev–Trinajstić information content (AvgIpc) is 3.33. The van der Waals surface area contributed by atoms with Gasteiger partial charge in [-0.05, 0) is 55.4 Å². The van der Waals surface area contributed by atoms with Crippen LogP contribution >= 0.6 is 11.3 Å². The fraction of sp³-hybridized carbons (Fsp3) is 0.333. The normalized spacial score (nSPS) is 14.5. The molecule has 0 atom stereocenters. The third kappa shape index (κ3) is 5.42. The summed E-state index contributed by atoms with van der Waals surface area (Å²) in [5.74, 6) is 0.505. The first-order valence-corrected chi connectivity index (χ1v) is 11.6. The molecule has 1 N–H and O–H groups in total. The Morgan fingerprint density at radius 2 is 2.00 bits per heavy atom. The first-order chi connectivity index (χ1) is 15.1. The third-order valence-electron chi connectivity index (χ3n) is 5.61. The van der Waals surface area contributed by atoms with Crippen molar-refractivity contribution in [1.82, 2.24) is 9.88 Å². The largest absolute Gasteiger partial charge is 0.487 e. The molecule has 31 heavy (non-hydrogen) atoms. The number of carbonyl (C=O) groups excluding carboxylic acids is 1. The molecular formula is C24H28N4O2S. The maximum absolute atomic E-state index is 12.8. The summed E-state index contributed by atoms with van der Waals surface area (Å²) < 4.78 is 5.77. The number of thiazole rings is 1. The quantitative estimate of drug-likeness (QED) is 0.594. The van der Waals surface area contributed by atoms with Crippen LogP contribution in [0.1, 0.15) is 28.5 Å². The first-order valence-electron chi connectivity index (χ1n) is 10.6. The zero-order valence-corrected chi connectivity index (χ0v) is 18.8. The minimum absolute atomic E-state index is 0.147. The highest BCUT2D eigenvalue weighted by Gasteiger charge is 2.17. The molecular weight excluding hydrogens is 408 g/mol. The number of ether oxygens (including phenoxy) is 1. The minimum Gasteiger partial charge on any atom is -0.487 e. The third-order valence-corrected chi connectivity index (χ3v) is 6.24. The average molecular weight is 437 g/mol. The number of anilines is 2. The molecule has 7 heteroatoms. The van der Waals surface area contributed by atoms with E-state index in [1.807, 2.05) is 30.5 Å². The van der Waals surface area contributed by atoms with E-state index in [-0.39, 0.29) is 5.91 Å². The summed E-state index contributed by atoms with van der Waals surface area (Å²) >= 11 is 1.54. The molecule has 0 saturated carbocycles. The summed E-state index contributed by atoms with van der Waals surface area (Å²) in [5, 5.41) is 4.99. The Morgan fingerprint density at radius 1 is 1.16 bits per heavy atom. The van der Waals surface area contributed by atoms with Gasteiger partial charge in [-0.15, -0.1) is 11.3 Å². The molecule has 4 rings (SSSR count). The molecule has 2 heterocycles. The van der Waals surface area contributed by atoms with Gasteiger partial charge in [0.05, 0.1) is 11.2 Å². The Kier molecular flexibility index (Phi) is 6.84. The van der Waals surface area contributed by atoms with Gasteiger partial charge in [0.2, 0.25) is 0 Å². The molecule has 1 amide bonds. The Labute approximate surface area is 187 Å². The first kappa shape index (κ1) is 21.3. The highest BCUT2D eigenvalue weighted by atomic mass is 32.1. The van der Waals surface area contributed by atoms with Crippen molar-refractivity contribution < 1.29 is 9.53 Å². The summed E-state index contributed by atoms with van der Waals surface area (Å²) in [6, 6.07) is 13.5. The lowest BCUT2D eigenvalue weighted by Gasteiger charge is -2.35. The minimum atomic E-state index is -0.147. The monoisotopic (exact) mass is 436 g/mol. The number of aryl methyl sites for hydroxylation is 1. The topological polar surface area (TPSA) is 57.7 Å². The number of rotatable bonds is 7. The lowest BCUT2D eigenvalue weighted by Crippen LogP contribution is -2.46. The van der Waals surface area contributed by atoms with E-state index >= 15 is 0 Å². The summed E-state index contributed by atoms with van der Waals surface area (Å²) in [6.07, 6.45) is 0. The second-order valence-corrected chi connectivity index (χ2v) is 8.39. The van der Waals surface area contributed by atoms with Gasteiger partial charge in [0.25, 0.3) is 5.91 Å². The molecule has 0 radical (unpaired) electrons. The van der Waals surface area contributed by atoms with Crippen molar-refractivity contribution in [2.24, 2.45) is 0 Å². The molecule has 2 aromatic carbocycles. The van der Waals surface area contributed by atoms with Crippen molar-refractivity contribution in [2.75, 3.05) is 42.9 Å². The smallest absolute Gasteiger partial charge is 0.255 e. The molecule has 1 fully saturated rings. The van der Waals surface area contributed by atoms with Crippen molar-refractivity contribution >= 4 is 28.6 Å². The zero-order valence-electron chi connectivity index (χ0n) is 18.0. The van der Waals surface area contributed by atoms with E-state index in [0.717, 1.165) is 49.7 Å². The summed E-state index contributed by atoms with van der Waals surface area (Å²) in [6.45, 7) is 9.99. The predicted molar refractivity (Wildman–Crippen MR) is 126 cm³/mol. The van der Waals surface area contributed by atoms with Crippen LogP contribution in [0.5, 0.6) is 5.75 Å². The highest BCUT2D eigenvalue weighted by molar-refractivity contribution is 7.07. The maximum atomic E-state index is 12.8. The molecule has 0 unspecified atom stereocenters. The Bertz CT molecular complexity index is 1010. The van der Waals surface area contributed by atoms with Gasteiger partial charge in [0.1, 0.15) is 12.4 Å². The van der Waals surface area contributed by atoms with Gasteiger partial charge in [0, 0.05) is 48.5 Å². The van der Waals surface area contributed by atoms with Crippen molar-refractivity contribution in [2.45, 2.75) is 20.5 Å². The van der Waals surface area contributed by atoms with Gasteiger partial charge >= 0.3 is 0 Å². The van der Waals surface area contributed by atoms with E-state index in [2.05, 4.69) is 39.2 Å². The number of aromatic nitrogens is 1. The lowest BCUT2D eigenvalue weighted by molar-refractivity contribution is 0.102. The van der Waals surface area contributed by atoms with Crippen LogP contribution in [0.15, 0.2) is 53.4 Å². The number of piperazine rings is 1. The van der Waals surface area contributed by atoms with E-state index < -0.39 is 0 Å². The van der Waals surface area contributed by atoms with Gasteiger partial charge < -0.3 is 19.9 Å². The van der Waals surface area contributed by atoms with Gasteiger partial charge in [-0.3, -0.25) is 4.79 Å². The van der Waals surface area contributed by atoms with Crippen LogP contribution < -0.4 is 15.0 Å². The van der Waals surface area contributed by atoms with E-state index in [0.29, 0.717) is 17.9 Å². The molecule has 162 valence electrons. The molecule has 0 aliphatic carbocycles. The van der Waals surface area contributed by atoms with Crippen molar-refractivity contribution in [1.29, 1.82) is 0 Å². The Hall–Kier alpha value is -2.90.